The molecule has 0 saturated carbocycles. The summed E-state index contributed by atoms with van der Waals surface area (Å²) in [5, 5.41) is 0. The van der Waals surface area contributed by atoms with E-state index in [0.717, 1.165) is 37.2 Å². The van der Waals surface area contributed by atoms with Crippen molar-refractivity contribution in [2.24, 2.45) is 5.73 Å². The van der Waals surface area contributed by atoms with E-state index in [1.165, 1.54) is 5.56 Å². The molecule has 0 aliphatic carbocycles. The lowest BCUT2D eigenvalue weighted by atomic mass is 10.0. The number of carbonyl (C=O) groups is 1. The SMILES string of the molecule is COc1ccccc1CC1CCCN1c1ccnc(C(N)=O)c1. The first-order valence-corrected chi connectivity index (χ1v) is 7.83. The van der Waals surface area contributed by atoms with Crippen molar-refractivity contribution in [3.63, 3.8) is 0 Å². The summed E-state index contributed by atoms with van der Waals surface area (Å²) in [6.45, 7) is 0.974. The molecule has 120 valence electrons. The number of anilines is 1. The highest BCUT2D eigenvalue weighted by molar-refractivity contribution is 5.91. The average Bonchev–Trinajstić information content (AvgIpc) is 3.03. The largest absolute Gasteiger partial charge is 0.496 e. The lowest BCUT2D eigenvalue weighted by Gasteiger charge is -2.27. The van der Waals surface area contributed by atoms with Crippen LogP contribution in [0.5, 0.6) is 5.75 Å². The van der Waals surface area contributed by atoms with Gasteiger partial charge in [0.1, 0.15) is 11.4 Å². The molecule has 0 radical (unpaired) electrons. The first-order valence-electron chi connectivity index (χ1n) is 7.83. The third kappa shape index (κ3) is 3.28. The van der Waals surface area contributed by atoms with Crippen LogP contribution in [0.1, 0.15) is 28.9 Å². The highest BCUT2D eigenvalue weighted by atomic mass is 16.5. The highest BCUT2D eigenvalue weighted by Gasteiger charge is 2.26. The zero-order valence-corrected chi connectivity index (χ0v) is 13.2. The van der Waals surface area contributed by atoms with Crippen LogP contribution >= 0.6 is 0 Å². The summed E-state index contributed by atoms with van der Waals surface area (Å²) >= 11 is 0. The summed E-state index contributed by atoms with van der Waals surface area (Å²) in [6, 6.07) is 12.2. The van der Waals surface area contributed by atoms with Crippen molar-refractivity contribution in [3.8, 4) is 5.75 Å². The van der Waals surface area contributed by atoms with E-state index in [2.05, 4.69) is 16.0 Å². The molecule has 0 bridgehead atoms. The number of methoxy groups -OCH3 is 1. The lowest BCUT2D eigenvalue weighted by molar-refractivity contribution is 0.0995. The smallest absolute Gasteiger partial charge is 0.267 e. The van der Waals surface area contributed by atoms with Gasteiger partial charge in [-0.15, -0.1) is 0 Å². The first kappa shape index (κ1) is 15.3. The standard InChI is InChI=1S/C18H21N3O2/c1-23-17-7-3-2-5-13(17)11-14-6-4-10-21(14)15-8-9-20-16(12-15)18(19)22/h2-3,5,7-9,12,14H,4,6,10-11H2,1H3,(H2,19,22). The van der Waals surface area contributed by atoms with Crippen LogP contribution in [-0.4, -0.2) is 30.6 Å². The summed E-state index contributed by atoms with van der Waals surface area (Å²) in [7, 11) is 1.70. The molecule has 1 saturated heterocycles. The maximum atomic E-state index is 11.3. The van der Waals surface area contributed by atoms with Gasteiger partial charge in [0.05, 0.1) is 7.11 Å². The predicted molar refractivity (Wildman–Crippen MR) is 89.8 cm³/mol. The van der Waals surface area contributed by atoms with E-state index in [4.69, 9.17) is 10.5 Å². The summed E-state index contributed by atoms with van der Waals surface area (Å²) < 4.78 is 5.46. The Morgan fingerprint density at radius 3 is 3.00 bits per heavy atom. The third-order valence-corrected chi connectivity index (χ3v) is 4.35. The highest BCUT2D eigenvalue weighted by Crippen LogP contribution is 2.30. The minimum atomic E-state index is -0.493. The molecule has 1 aliphatic heterocycles. The van der Waals surface area contributed by atoms with Gasteiger partial charge in [0.25, 0.3) is 5.91 Å². The van der Waals surface area contributed by atoms with Crippen molar-refractivity contribution >= 4 is 11.6 Å². The maximum Gasteiger partial charge on any atom is 0.267 e. The molecule has 1 aliphatic rings. The number of carbonyl (C=O) groups excluding carboxylic acids is 1. The normalized spacial score (nSPS) is 17.3. The fraction of sp³-hybridized carbons (Fsp3) is 0.333. The Hall–Kier alpha value is -2.56. The summed E-state index contributed by atoms with van der Waals surface area (Å²) in [5.74, 6) is 0.430. The van der Waals surface area contributed by atoms with E-state index in [1.54, 1.807) is 19.4 Å². The third-order valence-electron chi connectivity index (χ3n) is 4.35. The van der Waals surface area contributed by atoms with E-state index in [1.807, 2.05) is 24.3 Å². The predicted octanol–water partition coefficient (Wildman–Crippen LogP) is 2.40. The molecular weight excluding hydrogens is 290 g/mol. The van der Waals surface area contributed by atoms with Crippen molar-refractivity contribution < 1.29 is 9.53 Å². The Labute approximate surface area is 136 Å². The van der Waals surface area contributed by atoms with Gasteiger partial charge >= 0.3 is 0 Å². The maximum absolute atomic E-state index is 11.3. The molecular formula is C18H21N3O2. The molecule has 3 rings (SSSR count). The van der Waals surface area contributed by atoms with Gasteiger partial charge in [-0.05, 0) is 43.0 Å². The van der Waals surface area contributed by atoms with Gasteiger partial charge in [0.15, 0.2) is 0 Å². The van der Waals surface area contributed by atoms with Crippen LogP contribution in [0.4, 0.5) is 5.69 Å². The molecule has 1 aromatic heterocycles. The fourth-order valence-electron chi connectivity index (χ4n) is 3.25. The van der Waals surface area contributed by atoms with Crippen LogP contribution in [-0.2, 0) is 6.42 Å². The zero-order valence-electron chi connectivity index (χ0n) is 13.2. The molecule has 1 aromatic carbocycles. The quantitative estimate of drug-likeness (QED) is 0.920. The van der Waals surface area contributed by atoms with Crippen LogP contribution in [0.3, 0.4) is 0 Å². The summed E-state index contributed by atoms with van der Waals surface area (Å²) in [6.07, 6.45) is 4.81. The molecule has 1 fully saturated rings. The average molecular weight is 311 g/mol. The minimum absolute atomic E-state index is 0.311. The van der Waals surface area contributed by atoms with Gasteiger partial charge in [-0.3, -0.25) is 9.78 Å². The molecule has 5 heteroatoms. The topological polar surface area (TPSA) is 68.4 Å². The molecule has 1 atom stereocenters. The molecule has 0 spiro atoms. The van der Waals surface area contributed by atoms with Crippen LogP contribution in [0.25, 0.3) is 0 Å². The molecule has 2 aromatic rings. The van der Waals surface area contributed by atoms with Gasteiger partial charge in [-0.2, -0.15) is 0 Å². The molecule has 23 heavy (non-hydrogen) atoms. The van der Waals surface area contributed by atoms with E-state index < -0.39 is 5.91 Å². The number of aromatic nitrogens is 1. The summed E-state index contributed by atoms with van der Waals surface area (Å²) in [4.78, 5) is 17.7. The van der Waals surface area contributed by atoms with Crippen LogP contribution in [0.15, 0.2) is 42.6 Å². The number of nitrogens with two attached hydrogens (primary N) is 1. The first-order chi connectivity index (χ1) is 11.2. The van der Waals surface area contributed by atoms with Gasteiger partial charge < -0.3 is 15.4 Å². The number of amides is 1. The number of rotatable bonds is 5. The number of para-hydroxylation sites is 1. The second-order valence-electron chi connectivity index (χ2n) is 5.77. The number of hydrogen-bond donors (Lipinski definition) is 1. The number of primary amides is 1. The fourth-order valence-corrected chi connectivity index (χ4v) is 3.25. The summed E-state index contributed by atoms with van der Waals surface area (Å²) in [5.41, 5.74) is 7.86. The van der Waals surface area contributed by atoms with Crippen LogP contribution in [0.2, 0.25) is 0 Å². The number of ether oxygens (including phenoxy) is 1. The Bertz CT molecular complexity index is 702. The number of hydrogen-bond acceptors (Lipinski definition) is 4. The monoisotopic (exact) mass is 311 g/mol. The van der Waals surface area contributed by atoms with E-state index in [0.29, 0.717) is 11.7 Å². The van der Waals surface area contributed by atoms with Crippen LogP contribution in [0, 0.1) is 0 Å². The van der Waals surface area contributed by atoms with Crippen molar-refractivity contribution in [2.45, 2.75) is 25.3 Å². The van der Waals surface area contributed by atoms with Crippen molar-refractivity contribution in [2.75, 3.05) is 18.6 Å². The van der Waals surface area contributed by atoms with Crippen LogP contribution < -0.4 is 15.4 Å². The molecule has 5 nitrogen and oxygen atoms in total. The van der Waals surface area contributed by atoms with Gasteiger partial charge in [-0.1, -0.05) is 18.2 Å². The lowest BCUT2D eigenvalue weighted by Crippen LogP contribution is -2.31. The van der Waals surface area contributed by atoms with Gasteiger partial charge in [-0.25, -0.2) is 0 Å². The van der Waals surface area contributed by atoms with Crippen molar-refractivity contribution in [1.29, 1.82) is 0 Å². The Morgan fingerprint density at radius 1 is 1.39 bits per heavy atom. The van der Waals surface area contributed by atoms with E-state index in [-0.39, 0.29) is 0 Å². The molecule has 2 heterocycles. The molecule has 2 N–H and O–H groups in total. The Balaban J connectivity index is 1.83. The zero-order chi connectivity index (χ0) is 16.2. The van der Waals surface area contributed by atoms with E-state index >= 15 is 0 Å². The second-order valence-corrected chi connectivity index (χ2v) is 5.77. The van der Waals surface area contributed by atoms with Gasteiger partial charge in [0, 0.05) is 24.5 Å². The minimum Gasteiger partial charge on any atom is -0.496 e. The Kier molecular flexibility index (Phi) is 4.46. The number of pyridine rings is 1. The number of nitrogens with zero attached hydrogens (tertiary/aromatic N) is 2. The van der Waals surface area contributed by atoms with Gasteiger partial charge in [0.2, 0.25) is 0 Å². The number of benzene rings is 1. The molecule has 1 unspecified atom stereocenters. The van der Waals surface area contributed by atoms with E-state index in [9.17, 15) is 4.79 Å². The van der Waals surface area contributed by atoms with Crippen molar-refractivity contribution in [3.05, 3.63) is 53.9 Å². The second kappa shape index (κ2) is 6.69. The Morgan fingerprint density at radius 2 is 2.22 bits per heavy atom. The molecule has 1 amide bonds. The van der Waals surface area contributed by atoms with Crippen molar-refractivity contribution in [1.82, 2.24) is 4.98 Å².